The summed E-state index contributed by atoms with van der Waals surface area (Å²) >= 11 is 0. The molecule has 4 aromatic rings. The number of hydrogen-bond donors (Lipinski definition) is 2. The lowest BCUT2D eigenvalue weighted by atomic mass is 9.89. The number of methoxy groups -OCH3 is 2. The Morgan fingerprint density at radius 2 is 1.53 bits per heavy atom. The summed E-state index contributed by atoms with van der Waals surface area (Å²) in [6, 6.07) is 15.2. The van der Waals surface area contributed by atoms with Crippen LogP contribution in [0.4, 0.5) is 0 Å². The second-order valence-corrected chi connectivity index (χ2v) is 13.8. The molecule has 3 aliphatic rings. The van der Waals surface area contributed by atoms with E-state index in [1.807, 2.05) is 11.1 Å². The average molecular weight is 690 g/mol. The van der Waals surface area contributed by atoms with Gasteiger partial charge in [-0.25, -0.2) is 9.97 Å². The molecule has 2 aromatic carbocycles. The number of carbonyl (C=O) groups is 2. The summed E-state index contributed by atoms with van der Waals surface area (Å²) in [7, 11) is 3.33. The Morgan fingerprint density at radius 1 is 0.882 bits per heavy atom. The van der Waals surface area contributed by atoms with E-state index in [0.29, 0.717) is 37.8 Å². The molecule has 11 heteroatoms. The molecule has 0 spiro atoms. The molecule has 0 saturated carbocycles. The van der Waals surface area contributed by atoms with Crippen molar-refractivity contribution in [3.63, 3.8) is 0 Å². The van der Waals surface area contributed by atoms with Gasteiger partial charge in [-0.05, 0) is 67.0 Å². The van der Waals surface area contributed by atoms with E-state index in [0.717, 1.165) is 94.9 Å². The summed E-state index contributed by atoms with van der Waals surface area (Å²) < 4.78 is 11.6. The van der Waals surface area contributed by atoms with Gasteiger partial charge < -0.3 is 25.0 Å². The van der Waals surface area contributed by atoms with Gasteiger partial charge in [-0.15, -0.1) is 0 Å². The molecule has 4 heterocycles. The van der Waals surface area contributed by atoms with Crippen LogP contribution in [-0.2, 0) is 22.6 Å². The number of amides is 2. The number of aryl methyl sites for hydroxylation is 1. The van der Waals surface area contributed by atoms with E-state index >= 15 is 0 Å². The molecule has 0 unspecified atom stereocenters. The first-order valence-electron chi connectivity index (χ1n) is 17.9. The minimum atomic E-state index is 0.117. The lowest BCUT2D eigenvalue weighted by Gasteiger charge is -2.34. The van der Waals surface area contributed by atoms with Gasteiger partial charge in [0.15, 0.2) is 0 Å². The molecule has 2 saturated heterocycles. The SMILES string of the molecule is COc1nc(-c2cccc(-c3cccc(-c4cc5c(c(OC)n4)[C@@H](NC[C@@H]4CCC(=O)N4)CC5)c3C)c2C)cnc1CN1CCN(C(C)=O)CC1. The van der Waals surface area contributed by atoms with E-state index in [2.05, 4.69) is 71.8 Å². The number of aromatic nitrogens is 3. The third kappa shape index (κ3) is 7.05. The van der Waals surface area contributed by atoms with Gasteiger partial charge in [-0.3, -0.25) is 19.5 Å². The normalized spacial score (nSPS) is 18.8. The van der Waals surface area contributed by atoms with Crippen LogP contribution in [0, 0.1) is 13.8 Å². The first kappa shape index (κ1) is 34.6. The van der Waals surface area contributed by atoms with Gasteiger partial charge >= 0.3 is 0 Å². The first-order chi connectivity index (χ1) is 24.7. The van der Waals surface area contributed by atoms with Crippen molar-refractivity contribution >= 4 is 11.8 Å². The molecular formula is C40H47N7O4. The Morgan fingerprint density at radius 3 is 2.16 bits per heavy atom. The maximum absolute atomic E-state index is 11.8. The summed E-state index contributed by atoms with van der Waals surface area (Å²) in [6.07, 6.45) is 5.22. The van der Waals surface area contributed by atoms with Crippen molar-refractivity contribution in [2.75, 3.05) is 46.9 Å². The van der Waals surface area contributed by atoms with Crippen molar-refractivity contribution in [2.24, 2.45) is 0 Å². The van der Waals surface area contributed by atoms with Crippen LogP contribution in [0.15, 0.2) is 48.7 Å². The number of nitrogens with one attached hydrogen (secondary N) is 2. The smallest absolute Gasteiger partial charge is 0.237 e. The Kier molecular flexibility index (Phi) is 10.0. The molecule has 2 N–H and O–H groups in total. The van der Waals surface area contributed by atoms with Gasteiger partial charge in [0.25, 0.3) is 0 Å². The van der Waals surface area contributed by atoms with Gasteiger partial charge in [-0.2, -0.15) is 0 Å². The van der Waals surface area contributed by atoms with Crippen LogP contribution < -0.4 is 20.1 Å². The second-order valence-electron chi connectivity index (χ2n) is 13.8. The number of pyridine rings is 1. The molecule has 266 valence electrons. The first-order valence-corrected chi connectivity index (χ1v) is 17.9. The highest BCUT2D eigenvalue weighted by molar-refractivity contribution is 5.83. The summed E-state index contributed by atoms with van der Waals surface area (Å²) in [6.45, 7) is 10.3. The highest BCUT2D eigenvalue weighted by Gasteiger charge is 2.30. The second kappa shape index (κ2) is 14.8. The van der Waals surface area contributed by atoms with Crippen molar-refractivity contribution in [3.8, 4) is 45.4 Å². The third-order valence-corrected chi connectivity index (χ3v) is 10.8. The molecule has 2 aromatic heterocycles. The number of ether oxygens (including phenoxy) is 2. The molecule has 2 aliphatic heterocycles. The molecule has 0 radical (unpaired) electrons. The zero-order valence-electron chi connectivity index (χ0n) is 30.2. The molecule has 2 fully saturated rings. The number of hydrogen-bond acceptors (Lipinski definition) is 9. The lowest BCUT2D eigenvalue weighted by molar-refractivity contribution is -0.130. The molecule has 2 amide bonds. The van der Waals surface area contributed by atoms with Gasteiger partial charge in [-0.1, -0.05) is 36.4 Å². The summed E-state index contributed by atoms with van der Waals surface area (Å²) in [5.74, 6) is 1.43. The maximum atomic E-state index is 11.8. The minimum Gasteiger partial charge on any atom is -0.481 e. The molecule has 7 rings (SSSR count). The van der Waals surface area contributed by atoms with Crippen LogP contribution in [0.2, 0.25) is 0 Å². The summed E-state index contributed by atoms with van der Waals surface area (Å²) in [4.78, 5) is 42.4. The number of rotatable bonds is 10. The monoisotopic (exact) mass is 689 g/mol. The molecule has 51 heavy (non-hydrogen) atoms. The van der Waals surface area contributed by atoms with Crippen LogP contribution in [-0.4, -0.2) is 89.6 Å². The lowest BCUT2D eigenvalue weighted by Crippen LogP contribution is -2.47. The zero-order valence-corrected chi connectivity index (χ0v) is 30.2. The topological polar surface area (TPSA) is 122 Å². The fourth-order valence-electron chi connectivity index (χ4n) is 7.86. The minimum absolute atomic E-state index is 0.117. The molecular weight excluding hydrogens is 642 g/mol. The standard InChI is InChI=1S/C40H47N7O4/c1-24-29(8-6-10-31(24)34-20-27-12-14-33(38(27)40(44-34)51-5)41-21-28-13-15-37(49)43-28)30-9-7-11-32(25(30)2)35-22-42-36(39(45-35)50-4)23-46-16-18-47(19-17-46)26(3)48/h6-11,20,22,28,33,41H,12-19,21,23H2,1-5H3,(H,43,49)/t28-,33-/m0/s1. The van der Waals surface area contributed by atoms with Crippen LogP contribution in [0.1, 0.15) is 60.2 Å². The maximum Gasteiger partial charge on any atom is 0.237 e. The van der Waals surface area contributed by atoms with E-state index in [4.69, 9.17) is 24.4 Å². The van der Waals surface area contributed by atoms with Crippen molar-refractivity contribution < 1.29 is 19.1 Å². The highest BCUT2D eigenvalue weighted by Crippen LogP contribution is 2.41. The molecule has 11 nitrogen and oxygen atoms in total. The molecule has 2 atom stereocenters. The van der Waals surface area contributed by atoms with Crippen LogP contribution >= 0.6 is 0 Å². The van der Waals surface area contributed by atoms with Gasteiger partial charge in [0.1, 0.15) is 5.69 Å². The Balaban J connectivity index is 1.14. The van der Waals surface area contributed by atoms with E-state index < -0.39 is 0 Å². The molecule has 1 aliphatic carbocycles. The van der Waals surface area contributed by atoms with Crippen molar-refractivity contribution in [2.45, 2.75) is 65.1 Å². The molecule has 0 bridgehead atoms. The fourth-order valence-corrected chi connectivity index (χ4v) is 7.86. The fraction of sp³-hybridized carbons (Fsp3) is 0.425. The summed E-state index contributed by atoms with van der Waals surface area (Å²) in [5, 5.41) is 6.72. The van der Waals surface area contributed by atoms with E-state index in [9.17, 15) is 9.59 Å². The van der Waals surface area contributed by atoms with Crippen LogP contribution in [0.25, 0.3) is 33.6 Å². The number of fused-ring (bicyclic) bond motifs is 1. The predicted octanol–water partition coefficient (Wildman–Crippen LogP) is 5.03. The van der Waals surface area contributed by atoms with Crippen LogP contribution in [0.5, 0.6) is 11.8 Å². The van der Waals surface area contributed by atoms with Crippen molar-refractivity contribution in [1.29, 1.82) is 0 Å². The number of carbonyl (C=O) groups excluding carboxylic acids is 2. The summed E-state index contributed by atoms with van der Waals surface area (Å²) in [5.41, 5.74) is 11.4. The van der Waals surface area contributed by atoms with E-state index in [1.54, 1.807) is 21.1 Å². The highest BCUT2D eigenvalue weighted by atomic mass is 16.5. The van der Waals surface area contributed by atoms with Crippen molar-refractivity contribution in [1.82, 2.24) is 35.4 Å². The average Bonchev–Trinajstić information content (AvgIpc) is 3.76. The Bertz CT molecular complexity index is 1960. The number of benzene rings is 2. The van der Waals surface area contributed by atoms with Gasteiger partial charge in [0.2, 0.25) is 23.6 Å². The quantitative estimate of drug-likeness (QED) is 0.236. The number of piperazine rings is 1. The largest absolute Gasteiger partial charge is 0.481 e. The predicted molar refractivity (Wildman–Crippen MR) is 196 cm³/mol. The van der Waals surface area contributed by atoms with E-state index in [1.165, 1.54) is 5.56 Å². The van der Waals surface area contributed by atoms with Gasteiger partial charge in [0.05, 0.1) is 31.8 Å². The Labute approximate surface area is 299 Å². The zero-order chi connectivity index (χ0) is 35.6. The van der Waals surface area contributed by atoms with E-state index in [-0.39, 0.29) is 23.9 Å². The third-order valence-electron chi connectivity index (χ3n) is 10.8. The number of nitrogens with zero attached hydrogens (tertiary/aromatic N) is 5. The van der Waals surface area contributed by atoms with Gasteiger partial charge in [0, 0.05) is 81.4 Å². The Hall–Kier alpha value is -4.87. The van der Waals surface area contributed by atoms with Crippen molar-refractivity contribution in [3.05, 3.63) is 76.6 Å². The van der Waals surface area contributed by atoms with Crippen LogP contribution in [0.3, 0.4) is 0 Å².